The van der Waals surface area contributed by atoms with Gasteiger partial charge in [-0.1, -0.05) is 13.0 Å². The Kier molecular flexibility index (Phi) is 2.43. The van der Waals surface area contributed by atoms with E-state index in [9.17, 15) is 9.59 Å². The Hall–Kier alpha value is -1.38. The van der Waals surface area contributed by atoms with Gasteiger partial charge in [0.15, 0.2) is 11.5 Å². The summed E-state index contributed by atoms with van der Waals surface area (Å²) in [6.07, 6.45) is 3.21. The van der Waals surface area contributed by atoms with Crippen LogP contribution in [0.15, 0.2) is 23.5 Å². The first-order valence-electron chi connectivity index (χ1n) is 3.81. The van der Waals surface area contributed by atoms with Crippen LogP contribution in [0.2, 0.25) is 0 Å². The predicted molar refractivity (Wildman–Crippen MR) is 43.7 cm³/mol. The summed E-state index contributed by atoms with van der Waals surface area (Å²) in [4.78, 5) is 22.0. The molecule has 3 nitrogen and oxygen atoms in total. The smallest absolute Gasteiger partial charge is 0.201 e. The lowest BCUT2D eigenvalue weighted by Crippen LogP contribution is -2.12. The maximum absolute atomic E-state index is 11.1. The molecule has 0 saturated carbocycles. The first-order chi connectivity index (χ1) is 5.65. The molecule has 0 spiro atoms. The summed E-state index contributed by atoms with van der Waals surface area (Å²) >= 11 is 0. The molecule has 0 radical (unpaired) electrons. The number of hydrogen-bond acceptors (Lipinski definition) is 3. The van der Waals surface area contributed by atoms with Crippen LogP contribution in [0.25, 0.3) is 0 Å². The highest BCUT2D eigenvalue weighted by Crippen LogP contribution is 2.14. The van der Waals surface area contributed by atoms with Crippen LogP contribution in [0.5, 0.6) is 0 Å². The summed E-state index contributed by atoms with van der Waals surface area (Å²) in [5, 5.41) is 8.91. The Morgan fingerprint density at radius 3 is 2.75 bits per heavy atom. The normalized spacial score (nSPS) is 16.9. The molecule has 0 heterocycles. The van der Waals surface area contributed by atoms with Crippen molar-refractivity contribution in [1.29, 1.82) is 0 Å². The van der Waals surface area contributed by atoms with Gasteiger partial charge >= 0.3 is 0 Å². The van der Waals surface area contributed by atoms with Gasteiger partial charge in [-0.3, -0.25) is 9.59 Å². The Bertz CT molecular complexity index is 284. The van der Waals surface area contributed by atoms with E-state index < -0.39 is 0 Å². The van der Waals surface area contributed by atoms with Crippen molar-refractivity contribution >= 4 is 11.6 Å². The van der Waals surface area contributed by atoms with Crippen LogP contribution < -0.4 is 0 Å². The second-order valence-corrected chi connectivity index (χ2v) is 2.62. The van der Waals surface area contributed by atoms with Gasteiger partial charge < -0.3 is 5.11 Å². The van der Waals surface area contributed by atoms with Gasteiger partial charge in [-0.2, -0.15) is 0 Å². The van der Waals surface area contributed by atoms with E-state index >= 15 is 0 Å². The number of allylic oxidation sites excluding steroid dienone is 4. The highest BCUT2D eigenvalue weighted by molar-refractivity contribution is 6.06. The van der Waals surface area contributed by atoms with Gasteiger partial charge in [-0.15, -0.1) is 0 Å². The average molecular weight is 166 g/mol. The van der Waals surface area contributed by atoms with Crippen molar-refractivity contribution in [2.45, 2.75) is 19.8 Å². The number of aliphatic hydroxyl groups excluding tert-OH is 1. The summed E-state index contributed by atoms with van der Waals surface area (Å²) < 4.78 is 0. The van der Waals surface area contributed by atoms with Crippen LogP contribution in [-0.4, -0.2) is 16.7 Å². The standard InChI is InChI=1S/C9H10O3/c1-2-7(10)6-3-4-8(11)9(12)5-6/h3-4,11H,2,5H2,1H3. The molecule has 64 valence electrons. The fraction of sp³-hybridized carbons (Fsp3) is 0.333. The van der Waals surface area contributed by atoms with E-state index in [4.69, 9.17) is 5.11 Å². The van der Waals surface area contributed by atoms with E-state index in [0.717, 1.165) is 0 Å². The van der Waals surface area contributed by atoms with Crippen LogP contribution >= 0.6 is 0 Å². The number of carbonyl (C=O) groups excluding carboxylic acids is 2. The molecule has 1 aliphatic carbocycles. The Balaban J connectivity index is 2.84. The molecule has 3 heteroatoms. The third-order valence-electron chi connectivity index (χ3n) is 1.76. The Morgan fingerprint density at radius 2 is 2.25 bits per heavy atom. The Morgan fingerprint density at radius 1 is 1.58 bits per heavy atom. The minimum Gasteiger partial charge on any atom is -0.504 e. The predicted octanol–water partition coefficient (Wildman–Crippen LogP) is 1.31. The molecule has 0 amide bonds. The quantitative estimate of drug-likeness (QED) is 0.672. The largest absolute Gasteiger partial charge is 0.504 e. The van der Waals surface area contributed by atoms with Gasteiger partial charge in [0, 0.05) is 18.4 Å². The zero-order valence-corrected chi connectivity index (χ0v) is 6.83. The van der Waals surface area contributed by atoms with E-state index in [-0.39, 0.29) is 23.7 Å². The zero-order chi connectivity index (χ0) is 9.14. The molecule has 0 aromatic carbocycles. The lowest BCUT2D eigenvalue weighted by molar-refractivity contribution is -0.120. The SMILES string of the molecule is CCC(=O)C1=CC=C(O)C(=O)C1. The van der Waals surface area contributed by atoms with Gasteiger partial charge in [-0.25, -0.2) is 0 Å². The van der Waals surface area contributed by atoms with Crippen LogP contribution in [0, 0.1) is 0 Å². The summed E-state index contributed by atoms with van der Waals surface area (Å²) in [5.41, 5.74) is 0.486. The number of hydrogen-bond donors (Lipinski definition) is 1. The molecule has 0 bridgehead atoms. The molecule has 0 aromatic heterocycles. The van der Waals surface area contributed by atoms with Crippen LogP contribution in [0.4, 0.5) is 0 Å². The number of rotatable bonds is 2. The fourth-order valence-electron chi connectivity index (χ4n) is 1.01. The average Bonchev–Trinajstić information content (AvgIpc) is 2.08. The number of carbonyl (C=O) groups is 2. The second-order valence-electron chi connectivity index (χ2n) is 2.62. The van der Waals surface area contributed by atoms with Crippen LogP contribution in [-0.2, 0) is 9.59 Å². The molecule has 0 aliphatic heterocycles. The third-order valence-corrected chi connectivity index (χ3v) is 1.76. The minimum atomic E-state index is -0.380. The molecule has 1 N–H and O–H groups in total. The molecule has 0 aromatic rings. The monoisotopic (exact) mass is 166 g/mol. The Labute approximate surface area is 70.4 Å². The molecule has 0 atom stereocenters. The number of aliphatic hydroxyl groups is 1. The maximum Gasteiger partial charge on any atom is 0.201 e. The van der Waals surface area contributed by atoms with Crippen molar-refractivity contribution in [3.8, 4) is 0 Å². The van der Waals surface area contributed by atoms with Gasteiger partial charge in [0.25, 0.3) is 0 Å². The first-order valence-corrected chi connectivity index (χ1v) is 3.81. The van der Waals surface area contributed by atoms with Crippen molar-refractivity contribution in [3.63, 3.8) is 0 Å². The zero-order valence-electron chi connectivity index (χ0n) is 6.83. The van der Waals surface area contributed by atoms with E-state index in [1.807, 2.05) is 0 Å². The molecule has 1 aliphatic rings. The first kappa shape index (κ1) is 8.71. The van der Waals surface area contributed by atoms with Gasteiger partial charge in [0.05, 0.1) is 0 Å². The highest BCUT2D eigenvalue weighted by Gasteiger charge is 2.18. The molecular weight excluding hydrogens is 156 g/mol. The van der Waals surface area contributed by atoms with E-state index in [1.54, 1.807) is 6.92 Å². The lowest BCUT2D eigenvalue weighted by atomic mass is 9.98. The van der Waals surface area contributed by atoms with Crippen molar-refractivity contribution < 1.29 is 14.7 Å². The third kappa shape index (κ3) is 1.61. The minimum absolute atomic E-state index is 0.0351. The van der Waals surface area contributed by atoms with Crippen LogP contribution in [0.3, 0.4) is 0 Å². The summed E-state index contributed by atoms with van der Waals surface area (Å²) in [7, 11) is 0. The van der Waals surface area contributed by atoms with Crippen molar-refractivity contribution in [2.75, 3.05) is 0 Å². The second kappa shape index (κ2) is 3.34. The van der Waals surface area contributed by atoms with Gasteiger partial charge in [0.1, 0.15) is 0 Å². The molecule has 0 saturated heterocycles. The lowest BCUT2D eigenvalue weighted by Gasteiger charge is -2.07. The molecule has 0 unspecified atom stereocenters. The van der Waals surface area contributed by atoms with E-state index in [1.165, 1.54) is 12.2 Å². The highest BCUT2D eigenvalue weighted by atomic mass is 16.3. The van der Waals surface area contributed by atoms with Gasteiger partial charge in [-0.05, 0) is 6.08 Å². The summed E-state index contributed by atoms with van der Waals surface area (Å²) in [5.74, 6) is -0.677. The maximum atomic E-state index is 11.1. The van der Waals surface area contributed by atoms with Gasteiger partial charge in [0.2, 0.25) is 5.78 Å². The van der Waals surface area contributed by atoms with Crippen LogP contribution in [0.1, 0.15) is 19.8 Å². The van der Waals surface area contributed by atoms with Crippen molar-refractivity contribution in [3.05, 3.63) is 23.5 Å². The molecular formula is C9H10O3. The van der Waals surface area contributed by atoms with Crippen molar-refractivity contribution in [2.24, 2.45) is 0 Å². The number of Topliss-reactive ketones (excluding diaryl/α,β-unsaturated/α-hetero) is 2. The molecule has 1 rings (SSSR count). The number of ketones is 2. The fourth-order valence-corrected chi connectivity index (χ4v) is 1.01. The topological polar surface area (TPSA) is 54.4 Å². The molecule has 12 heavy (non-hydrogen) atoms. The molecule has 0 fully saturated rings. The summed E-state index contributed by atoms with van der Waals surface area (Å²) in [6.45, 7) is 1.74. The van der Waals surface area contributed by atoms with Crippen molar-refractivity contribution in [1.82, 2.24) is 0 Å². The van der Waals surface area contributed by atoms with E-state index in [2.05, 4.69) is 0 Å². The van der Waals surface area contributed by atoms with E-state index in [0.29, 0.717) is 12.0 Å². The summed E-state index contributed by atoms with van der Waals surface area (Å²) in [6, 6.07) is 0.